The predicted molar refractivity (Wildman–Crippen MR) is 65.2 cm³/mol. The molecule has 0 aromatic heterocycles. The second-order valence-corrected chi connectivity index (χ2v) is 5.00. The molecule has 0 radical (unpaired) electrons. The third-order valence-corrected chi connectivity index (χ3v) is 3.21. The zero-order valence-electron chi connectivity index (χ0n) is 9.39. The third kappa shape index (κ3) is 2.23. The van der Waals surface area contributed by atoms with Crippen LogP contribution >= 0.6 is 15.9 Å². The van der Waals surface area contributed by atoms with Crippen molar-refractivity contribution >= 4 is 15.9 Å². The Bertz CT molecular complexity index is 397. The Hall–Kier alpha value is -0.610. The van der Waals surface area contributed by atoms with Crippen LogP contribution in [0.1, 0.15) is 31.9 Å². The van der Waals surface area contributed by atoms with Crippen molar-refractivity contribution in [3.05, 3.63) is 28.0 Å². The molecule has 2 rings (SSSR count). The maximum atomic E-state index is 13.7. The van der Waals surface area contributed by atoms with E-state index in [-0.39, 0.29) is 18.0 Å². The molecule has 0 fully saturated rings. The van der Waals surface area contributed by atoms with Gasteiger partial charge in [-0.05, 0) is 25.6 Å². The lowest BCUT2D eigenvalue weighted by Crippen LogP contribution is -2.31. The Balaban J connectivity index is 2.43. The summed E-state index contributed by atoms with van der Waals surface area (Å²) in [6, 6.07) is 3.55. The molecule has 1 aliphatic heterocycles. The highest BCUT2D eigenvalue weighted by Crippen LogP contribution is 2.38. The molecule has 2 atom stereocenters. The zero-order chi connectivity index (χ0) is 11.7. The number of hydrogen-bond donors (Lipinski definition) is 1. The molecule has 88 valence electrons. The molecule has 1 heterocycles. The number of hydrogen-bond acceptors (Lipinski definition) is 2. The number of nitrogens with one attached hydrogen (secondary N) is 1. The van der Waals surface area contributed by atoms with Gasteiger partial charge in [-0.2, -0.15) is 0 Å². The van der Waals surface area contributed by atoms with Crippen molar-refractivity contribution in [1.82, 2.24) is 5.32 Å². The smallest absolute Gasteiger partial charge is 0.166 e. The fourth-order valence-corrected chi connectivity index (χ4v) is 2.56. The molecule has 2 unspecified atom stereocenters. The molecule has 1 aromatic rings. The summed E-state index contributed by atoms with van der Waals surface area (Å²) in [5, 5.41) is 3.36. The van der Waals surface area contributed by atoms with E-state index >= 15 is 0 Å². The quantitative estimate of drug-likeness (QED) is 0.900. The van der Waals surface area contributed by atoms with Crippen LogP contribution in [0.5, 0.6) is 5.75 Å². The summed E-state index contributed by atoms with van der Waals surface area (Å²) >= 11 is 3.31. The molecule has 0 spiro atoms. The summed E-state index contributed by atoms with van der Waals surface area (Å²) in [7, 11) is 0. The van der Waals surface area contributed by atoms with Gasteiger partial charge in [-0.15, -0.1) is 0 Å². The lowest BCUT2D eigenvalue weighted by Gasteiger charge is -2.31. The van der Waals surface area contributed by atoms with Gasteiger partial charge in [0.2, 0.25) is 0 Å². The molecule has 0 bridgehead atoms. The molecule has 1 aromatic carbocycles. The maximum absolute atomic E-state index is 13.7. The Morgan fingerprint density at radius 2 is 2.31 bits per heavy atom. The first-order chi connectivity index (χ1) is 7.61. The van der Waals surface area contributed by atoms with Crippen molar-refractivity contribution in [3.63, 3.8) is 0 Å². The second-order valence-electron chi connectivity index (χ2n) is 4.08. The van der Waals surface area contributed by atoms with Crippen LogP contribution in [-0.2, 0) is 0 Å². The SMILES string of the molecule is CCNC1CC(C)Oc2c(F)cc(Br)cc21. The van der Waals surface area contributed by atoms with E-state index in [2.05, 4.69) is 21.2 Å². The number of fused-ring (bicyclic) bond motifs is 1. The monoisotopic (exact) mass is 287 g/mol. The molecular formula is C12H15BrFNO. The van der Waals surface area contributed by atoms with Crippen LogP contribution < -0.4 is 10.1 Å². The molecular weight excluding hydrogens is 273 g/mol. The normalized spacial score (nSPS) is 23.8. The number of ether oxygens (including phenoxy) is 1. The topological polar surface area (TPSA) is 21.3 Å². The fourth-order valence-electron chi connectivity index (χ4n) is 2.11. The summed E-state index contributed by atoms with van der Waals surface area (Å²) in [6.45, 7) is 4.88. The molecule has 0 amide bonds. The van der Waals surface area contributed by atoms with Crippen molar-refractivity contribution in [2.45, 2.75) is 32.4 Å². The molecule has 0 saturated heterocycles. The Labute approximate surface area is 103 Å². The first-order valence-corrected chi connectivity index (χ1v) is 6.30. The van der Waals surface area contributed by atoms with Crippen LogP contribution in [0.25, 0.3) is 0 Å². The Morgan fingerprint density at radius 3 is 3.00 bits per heavy atom. The van der Waals surface area contributed by atoms with E-state index in [4.69, 9.17) is 4.74 Å². The van der Waals surface area contributed by atoms with Gasteiger partial charge >= 0.3 is 0 Å². The molecule has 4 heteroatoms. The summed E-state index contributed by atoms with van der Waals surface area (Å²) in [5.74, 6) is 0.103. The zero-order valence-corrected chi connectivity index (χ0v) is 11.0. The van der Waals surface area contributed by atoms with Crippen LogP contribution in [-0.4, -0.2) is 12.6 Å². The van der Waals surface area contributed by atoms with Gasteiger partial charge in [0.1, 0.15) is 0 Å². The van der Waals surface area contributed by atoms with Crippen molar-refractivity contribution in [2.75, 3.05) is 6.54 Å². The number of rotatable bonds is 2. The highest BCUT2D eigenvalue weighted by Gasteiger charge is 2.28. The maximum Gasteiger partial charge on any atom is 0.166 e. The van der Waals surface area contributed by atoms with E-state index in [0.717, 1.165) is 23.0 Å². The van der Waals surface area contributed by atoms with Crippen molar-refractivity contribution < 1.29 is 9.13 Å². The van der Waals surface area contributed by atoms with Crippen LogP contribution in [0.3, 0.4) is 0 Å². The minimum absolute atomic E-state index is 0.0484. The number of halogens is 2. The lowest BCUT2D eigenvalue weighted by atomic mass is 9.97. The van der Waals surface area contributed by atoms with Crippen molar-refractivity contribution in [1.29, 1.82) is 0 Å². The van der Waals surface area contributed by atoms with Gasteiger partial charge in [-0.25, -0.2) is 4.39 Å². The highest BCUT2D eigenvalue weighted by atomic mass is 79.9. The Morgan fingerprint density at radius 1 is 1.56 bits per heavy atom. The molecule has 0 aliphatic carbocycles. The Kier molecular flexibility index (Phi) is 3.50. The summed E-state index contributed by atoms with van der Waals surface area (Å²) < 4.78 is 20.0. The molecule has 16 heavy (non-hydrogen) atoms. The third-order valence-electron chi connectivity index (χ3n) is 2.75. The highest BCUT2D eigenvalue weighted by molar-refractivity contribution is 9.10. The van der Waals surface area contributed by atoms with E-state index in [9.17, 15) is 4.39 Å². The molecule has 0 saturated carbocycles. The average molecular weight is 288 g/mol. The van der Waals surface area contributed by atoms with Crippen LogP contribution in [0, 0.1) is 5.82 Å². The van der Waals surface area contributed by atoms with Gasteiger partial charge in [0, 0.05) is 22.5 Å². The fraction of sp³-hybridized carbons (Fsp3) is 0.500. The summed E-state index contributed by atoms with van der Waals surface area (Å²) in [6.07, 6.45) is 0.920. The van der Waals surface area contributed by atoms with E-state index in [0.29, 0.717) is 5.75 Å². The van der Waals surface area contributed by atoms with Gasteiger partial charge in [-0.3, -0.25) is 0 Å². The van der Waals surface area contributed by atoms with Gasteiger partial charge in [0.05, 0.1) is 6.10 Å². The van der Waals surface area contributed by atoms with Crippen LogP contribution in [0.4, 0.5) is 4.39 Å². The summed E-state index contributed by atoms with van der Waals surface area (Å²) in [5.41, 5.74) is 0.909. The predicted octanol–water partition coefficient (Wildman–Crippen LogP) is 3.41. The minimum Gasteiger partial charge on any atom is -0.487 e. The van der Waals surface area contributed by atoms with Crippen LogP contribution in [0.2, 0.25) is 0 Å². The van der Waals surface area contributed by atoms with Crippen LogP contribution in [0.15, 0.2) is 16.6 Å². The average Bonchev–Trinajstić information content (AvgIpc) is 2.20. The second kappa shape index (κ2) is 4.72. The van der Waals surface area contributed by atoms with Gasteiger partial charge in [-0.1, -0.05) is 22.9 Å². The molecule has 1 N–H and O–H groups in total. The molecule has 1 aliphatic rings. The minimum atomic E-state index is -0.293. The van der Waals surface area contributed by atoms with E-state index in [1.54, 1.807) is 0 Å². The number of benzene rings is 1. The van der Waals surface area contributed by atoms with Gasteiger partial charge < -0.3 is 10.1 Å². The van der Waals surface area contributed by atoms with Gasteiger partial charge in [0.15, 0.2) is 11.6 Å². The first kappa shape index (κ1) is 11.9. The van der Waals surface area contributed by atoms with Crippen molar-refractivity contribution in [2.24, 2.45) is 0 Å². The lowest BCUT2D eigenvalue weighted by molar-refractivity contribution is 0.159. The largest absolute Gasteiger partial charge is 0.487 e. The summed E-state index contributed by atoms with van der Waals surface area (Å²) in [4.78, 5) is 0. The van der Waals surface area contributed by atoms with Crippen molar-refractivity contribution in [3.8, 4) is 5.75 Å². The van der Waals surface area contributed by atoms with E-state index in [1.165, 1.54) is 6.07 Å². The van der Waals surface area contributed by atoms with Gasteiger partial charge in [0.25, 0.3) is 0 Å². The van der Waals surface area contributed by atoms with E-state index in [1.807, 2.05) is 19.9 Å². The first-order valence-electron chi connectivity index (χ1n) is 5.50. The molecule has 2 nitrogen and oxygen atoms in total. The van der Waals surface area contributed by atoms with E-state index < -0.39 is 0 Å². The standard InChI is InChI=1S/C12H15BrFNO/c1-3-15-11-4-7(2)16-12-9(11)5-8(13)6-10(12)14/h5-7,11,15H,3-4H2,1-2H3.